The van der Waals surface area contributed by atoms with Gasteiger partial charge in [-0.3, -0.25) is 0 Å². The molecule has 0 saturated heterocycles. The van der Waals surface area contributed by atoms with Gasteiger partial charge in [0.15, 0.2) is 0 Å². The molecule has 2 aromatic carbocycles. The van der Waals surface area contributed by atoms with Crippen molar-refractivity contribution in [3.63, 3.8) is 0 Å². The number of nitrogens with one attached hydrogen (secondary N) is 1. The van der Waals surface area contributed by atoms with Gasteiger partial charge in [0, 0.05) is 13.1 Å². The van der Waals surface area contributed by atoms with Gasteiger partial charge in [0.2, 0.25) is 10.0 Å². The minimum atomic E-state index is -4.18. The molecule has 2 rings (SSSR count). The molecule has 10 heteroatoms. The lowest BCUT2D eigenvalue weighted by Gasteiger charge is -2.27. The Bertz CT molecular complexity index is 1130. The summed E-state index contributed by atoms with van der Waals surface area (Å²) in [6, 6.07) is 12.5. The molecule has 1 amide bonds. The van der Waals surface area contributed by atoms with Crippen molar-refractivity contribution >= 4 is 26.1 Å². The second kappa shape index (κ2) is 10.0. The predicted molar refractivity (Wildman–Crippen MR) is 122 cm³/mol. The average Bonchev–Trinajstić information content (AvgIpc) is 2.66. The Morgan fingerprint density at radius 1 is 0.875 bits per heavy atom. The highest BCUT2D eigenvalue weighted by atomic mass is 32.2. The lowest BCUT2D eigenvalue weighted by Crippen LogP contribution is -2.42. The molecule has 0 heterocycles. The zero-order chi connectivity index (χ0) is 24.2. The van der Waals surface area contributed by atoms with Crippen molar-refractivity contribution < 1.29 is 26.4 Å². The van der Waals surface area contributed by atoms with E-state index in [2.05, 4.69) is 4.72 Å². The monoisotopic (exact) mass is 482 g/mol. The van der Waals surface area contributed by atoms with Gasteiger partial charge < -0.3 is 4.74 Å². The molecule has 2 aromatic rings. The maximum atomic E-state index is 13.1. The molecule has 8 nitrogen and oxygen atoms in total. The molecule has 0 radical (unpaired) electrons. The second-order valence-corrected chi connectivity index (χ2v) is 12.1. The molecular weight excluding hydrogens is 452 g/mol. The quantitative estimate of drug-likeness (QED) is 0.576. The van der Waals surface area contributed by atoms with E-state index in [4.69, 9.17) is 4.74 Å². The van der Waals surface area contributed by atoms with E-state index in [-0.39, 0.29) is 29.3 Å². The maximum Gasteiger partial charge on any atom is 0.424 e. The summed E-state index contributed by atoms with van der Waals surface area (Å²) in [5.41, 5.74) is 0.905. The summed E-state index contributed by atoms with van der Waals surface area (Å²) in [5.74, 6) is 0. The van der Waals surface area contributed by atoms with Crippen LogP contribution in [0.2, 0.25) is 0 Å². The Hall–Kier alpha value is -2.43. The number of carbonyl (C=O) groups is 1. The third-order valence-corrected chi connectivity index (χ3v) is 7.62. The summed E-state index contributed by atoms with van der Waals surface area (Å²) < 4.78 is 59.4. The van der Waals surface area contributed by atoms with E-state index >= 15 is 0 Å². The van der Waals surface area contributed by atoms with Crippen LogP contribution in [0.4, 0.5) is 4.79 Å². The highest BCUT2D eigenvalue weighted by molar-refractivity contribution is 7.89. The number of carbonyl (C=O) groups excluding carboxylic acids is 1. The molecular formula is C22H30N2O6S2. The first-order chi connectivity index (χ1) is 14.7. The Kier molecular flexibility index (Phi) is 8.08. The topological polar surface area (TPSA) is 110 Å². The van der Waals surface area contributed by atoms with E-state index in [0.29, 0.717) is 4.31 Å². The molecule has 0 saturated carbocycles. The van der Waals surface area contributed by atoms with Gasteiger partial charge in [0.05, 0.1) is 9.79 Å². The summed E-state index contributed by atoms with van der Waals surface area (Å²) in [6.45, 7) is 8.28. The van der Waals surface area contributed by atoms with Crippen LogP contribution in [0, 0.1) is 13.8 Å². The summed E-state index contributed by atoms with van der Waals surface area (Å²) in [6.07, 6.45) is -0.949. The van der Waals surface area contributed by atoms with E-state index in [9.17, 15) is 21.6 Å². The molecule has 176 valence electrons. The summed E-state index contributed by atoms with van der Waals surface area (Å²) >= 11 is 0. The van der Waals surface area contributed by atoms with Gasteiger partial charge in [0.25, 0.3) is 10.0 Å². The summed E-state index contributed by atoms with van der Waals surface area (Å²) in [5, 5.41) is 0. The fraction of sp³-hybridized carbons (Fsp3) is 0.409. The van der Waals surface area contributed by atoms with Gasteiger partial charge in [-0.05, 0) is 65.3 Å². The molecule has 0 aliphatic rings. The van der Waals surface area contributed by atoms with E-state index in [1.165, 1.54) is 24.3 Å². The maximum absolute atomic E-state index is 13.1. The normalized spacial score (nSPS) is 12.4. The zero-order valence-corrected chi connectivity index (χ0v) is 20.6. The number of hydrogen-bond acceptors (Lipinski definition) is 6. The number of sulfonamides is 2. The van der Waals surface area contributed by atoms with Gasteiger partial charge in [-0.2, -0.15) is 0 Å². The highest BCUT2D eigenvalue weighted by Gasteiger charge is 2.32. The van der Waals surface area contributed by atoms with E-state index in [0.717, 1.165) is 11.1 Å². The molecule has 32 heavy (non-hydrogen) atoms. The van der Waals surface area contributed by atoms with Crippen LogP contribution < -0.4 is 4.72 Å². The largest absolute Gasteiger partial charge is 0.443 e. The third kappa shape index (κ3) is 7.04. The van der Waals surface area contributed by atoms with Crippen LogP contribution in [-0.4, -0.2) is 45.9 Å². The lowest BCUT2D eigenvalue weighted by atomic mass is 10.2. The van der Waals surface area contributed by atoms with Crippen LogP contribution in [0.3, 0.4) is 0 Å². The Balaban J connectivity index is 2.15. The fourth-order valence-electron chi connectivity index (χ4n) is 2.69. The second-order valence-electron chi connectivity index (χ2n) is 8.43. The van der Waals surface area contributed by atoms with Gasteiger partial charge in [-0.25, -0.2) is 30.7 Å². The lowest BCUT2D eigenvalue weighted by molar-refractivity contribution is 0.0390. The Morgan fingerprint density at radius 3 is 1.81 bits per heavy atom. The van der Waals surface area contributed by atoms with Crippen LogP contribution in [0.25, 0.3) is 0 Å². The van der Waals surface area contributed by atoms with Crippen molar-refractivity contribution in [2.75, 3.05) is 13.1 Å². The van der Waals surface area contributed by atoms with Crippen molar-refractivity contribution in [2.45, 2.75) is 56.4 Å². The van der Waals surface area contributed by atoms with Crippen molar-refractivity contribution in [2.24, 2.45) is 0 Å². The standard InChI is InChI=1S/C22H30N2O6S2/c1-17-7-11-19(12-8-17)31(26,27)23-15-6-16-24(21(25)30-22(3,4)5)32(28,29)20-13-9-18(2)10-14-20/h7-14,23H,6,15-16H2,1-5H3. The van der Waals surface area contributed by atoms with Gasteiger partial charge in [-0.15, -0.1) is 0 Å². The predicted octanol–water partition coefficient (Wildman–Crippen LogP) is 3.60. The van der Waals surface area contributed by atoms with Crippen LogP contribution in [0.15, 0.2) is 58.3 Å². The third-order valence-electron chi connectivity index (χ3n) is 4.37. The molecule has 0 fully saturated rings. The van der Waals surface area contributed by atoms with Crippen LogP contribution in [0.1, 0.15) is 38.3 Å². The van der Waals surface area contributed by atoms with Gasteiger partial charge in [-0.1, -0.05) is 35.4 Å². The van der Waals surface area contributed by atoms with E-state index in [1.54, 1.807) is 45.0 Å². The number of benzene rings is 2. The average molecular weight is 483 g/mol. The molecule has 0 atom stereocenters. The molecule has 0 aromatic heterocycles. The molecule has 0 unspecified atom stereocenters. The zero-order valence-electron chi connectivity index (χ0n) is 19.0. The molecule has 0 aliphatic heterocycles. The van der Waals surface area contributed by atoms with Crippen molar-refractivity contribution in [1.82, 2.24) is 9.03 Å². The van der Waals surface area contributed by atoms with Crippen LogP contribution >= 0.6 is 0 Å². The molecule has 0 aliphatic carbocycles. The number of aryl methyl sites for hydroxylation is 2. The first kappa shape index (κ1) is 25.8. The highest BCUT2D eigenvalue weighted by Crippen LogP contribution is 2.20. The number of hydrogen-bond donors (Lipinski definition) is 1. The first-order valence-electron chi connectivity index (χ1n) is 10.1. The minimum absolute atomic E-state index is 0.0470. The number of ether oxygens (including phenoxy) is 1. The number of amides is 1. The summed E-state index contributed by atoms with van der Waals surface area (Å²) in [4.78, 5) is 12.7. The summed E-state index contributed by atoms with van der Waals surface area (Å²) in [7, 11) is -7.93. The Labute approximate surface area is 190 Å². The van der Waals surface area contributed by atoms with E-state index < -0.39 is 31.7 Å². The molecule has 0 bridgehead atoms. The van der Waals surface area contributed by atoms with Gasteiger partial charge in [0.1, 0.15) is 5.60 Å². The first-order valence-corrected chi connectivity index (χ1v) is 13.0. The number of nitrogens with zero attached hydrogens (tertiary/aromatic N) is 1. The van der Waals surface area contributed by atoms with Gasteiger partial charge >= 0.3 is 6.09 Å². The minimum Gasteiger partial charge on any atom is -0.443 e. The van der Waals surface area contributed by atoms with Crippen LogP contribution in [-0.2, 0) is 24.8 Å². The number of rotatable bonds is 8. The van der Waals surface area contributed by atoms with Crippen LogP contribution in [0.5, 0.6) is 0 Å². The smallest absolute Gasteiger partial charge is 0.424 e. The molecule has 1 N–H and O–H groups in total. The SMILES string of the molecule is Cc1ccc(S(=O)(=O)NCCCN(C(=O)OC(C)(C)C)S(=O)(=O)c2ccc(C)cc2)cc1. The fourth-order valence-corrected chi connectivity index (χ4v) is 5.10. The Morgan fingerprint density at radius 2 is 1.34 bits per heavy atom. The van der Waals surface area contributed by atoms with Crippen molar-refractivity contribution in [3.05, 3.63) is 59.7 Å². The van der Waals surface area contributed by atoms with Crippen molar-refractivity contribution in [1.29, 1.82) is 0 Å². The van der Waals surface area contributed by atoms with E-state index in [1.807, 2.05) is 13.8 Å². The van der Waals surface area contributed by atoms with Crippen molar-refractivity contribution in [3.8, 4) is 0 Å². The molecule has 0 spiro atoms.